The van der Waals surface area contributed by atoms with E-state index in [1.165, 1.54) is 0 Å². The fourth-order valence-electron chi connectivity index (χ4n) is 7.02. The van der Waals surface area contributed by atoms with Crippen LogP contribution in [-0.4, -0.2) is 164 Å². The molecule has 0 spiro atoms. The Morgan fingerprint density at radius 1 is 0.610 bits per heavy atom. The zero-order valence-electron chi connectivity index (χ0n) is 34.7. The molecule has 0 aromatic heterocycles. The first-order chi connectivity index (χ1) is 28.1. The standard InChI is InChI=1S/C40H70O19/c1-4-5-13-16-27(45)20-32(49)58-38-37(55-25(3)43)33(50)29(21-41)56-40(38)59-36-30(23-53-24(2)42)57-39(35(52)34(36)51)54-22-28(46)18-15-12-10-8-6-7-9-11-14-17-26(44)19-31(47)48/h26-30,33-41,44-46,50-52H,4-23H2,1-3H3,(H,47,48). The van der Waals surface area contributed by atoms with Gasteiger partial charge in [-0.2, -0.15) is 0 Å². The van der Waals surface area contributed by atoms with Gasteiger partial charge in [0.15, 0.2) is 24.8 Å². The van der Waals surface area contributed by atoms with E-state index in [0.717, 1.165) is 78.1 Å². The number of ether oxygens (including phenoxy) is 7. The van der Waals surface area contributed by atoms with Gasteiger partial charge in [0, 0.05) is 13.8 Å². The van der Waals surface area contributed by atoms with Crippen molar-refractivity contribution in [1.29, 1.82) is 0 Å². The third-order valence-electron chi connectivity index (χ3n) is 10.2. The second kappa shape index (κ2) is 28.9. The number of hydrogen-bond acceptors (Lipinski definition) is 18. The Morgan fingerprint density at radius 2 is 1.15 bits per heavy atom. The number of aliphatic carboxylic acids is 1. The first-order valence-electron chi connectivity index (χ1n) is 21.1. The van der Waals surface area contributed by atoms with E-state index >= 15 is 0 Å². The Morgan fingerprint density at radius 3 is 1.69 bits per heavy atom. The van der Waals surface area contributed by atoms with Crippen LogP contribution in [0.2, 0.25) is 0 Å². The Balaban J connectivity index is 1.99. The number of esters is 3. The van der Waals surface area contributed by atoms with Crippen LogP contribution in [0.5, 0.6) is 0 Å². The van der Waals surface area contributed by atoms with Crippen LogP contribution < -0.4 is 0 Å². The summed E-state index contributed by atoms with van der Waals surface area (Å²) in [6.45, 7) is 2.56. The number of carboxylic acids is 1. The molecule has 0 saturated carbocycles. The Hall–Kier alpha value is -2.56. The summed E-state index contributed by atoms with van der Waals surface area (Å²) >= 11 is 0. The van der Waals surface area contributed by atoms with Crippen LogP contribution >= 0.6 is 0 Å². The van der Waals surface area contributed by atoms with Crippen LogP contribution in [0.1, 0.15) is 130 Å². The van der Waals surface area contributed by atoms with Gasteiger partial charge in [-0.1, -0.05) is 84.0 Å². The van der Waals surface area contributed by atoms with E-state index in [4.69, 9.17) is 38.3 Å². The van der Waals surface area contributed by atoms with Crippen LogP contribution in [0, 0.1) is 0 Å². The Bertz CT molecular complexity index is 1210. The maximum Gasteiger partial charge on any atom is 0.309 e. The fraction of sp³-hybridized carbons (Fsp3) is 0.900. The van der Waals surface area contributed by atoms with E-state index in [-0.39, 0.29) is 13.0 Å². The number of rotatable bonds is 30. The van der Waals surface area contributed by atoms with Crippen molar-refractivity contribution in [2.24, 2.45) is 0 Å². The van der Waals surface area contributed by atoms with Gasteiger partial charge in [-0.05, 0) is 19.3 Å². The molecule has 2 fully saturated rings. The van der Waals surface area contributed by atoms with Gasteiger partial charge in [0.25, 0.3) is 0 Å². The van der Waals surface area contributed by atoms with E-state index in [9.17, 15) is 54.9 Å². The zero-order chi connectivity index (χ0) is 43.9. The monoisotopic (exact) mass is 854 g/mol. The molecular weight excluding hydrogens is 784 g/mol. The molecule has 8 N–H and O–H groups in total. The average molecular weight is 855 g/mol. The van der Waals surface area contributed by atoms with Gasteiger partial charge in [-0.15, -0.1) is 0 Å². The summed E-state index contributed by atoms with van der Waals surface area (Å²) in [6, 6.07) is 0. The normalized spacial score (nSPS) is 28.6. The van der Waals surface area contributed by atoms with Crippen LogP contribution in [0.4, 0.5) is 0 Å². The van der Waals surface area contributed by atoms with E-state index in [1.54, 1.807) is 0 Å². The van der Waals surface area contributed by atoms with Crippen LogP contribution in [-0.2, 0) is 52.3 Å². The second-order valence-corrected chi connectivity index (χ2v) is 15.5. The summed E-state index contributed by atoms with van der Waals surface area (Å²) in [5.41, 5.74) is 0. The lowest BCUT2D eigenvalue weighted by molar-refractivity contribution is -0.361. The van der Waals surface area contributed by atoms with E-state index in [2.05, 4.69) is 0 Å². The molecule has 19 nitrogen and oxygen atoms in total. The molecule has 2 saturated heterocycles. The highest BCUT2D eigenvalue weighted by atomic mass is 16.8. The van der Waals surface area contributed by atoms with Crippen molar-refractivity contribution in [1.82, 2.24) is 0 Å². The van der Waals surface area contributed by atoms with Gasteiger partial charge in [0.2, 0.25) is 0 Å². The highest BCUT2D eigenvalue weighted by Gasteiger charge is 2.54. The van der Waals surface area contributed by atoms with Crippen molar-refractivity contribution < 1.29 is 93.2 Å². The third kappa shape index (κ3) is 20.2. The van der Waals surface area contributed by atoms with Crippen molar-refractivity contribution in [3.63, 3.8) is 0 Å². The number of aliphatic hydroxyl groups excluding tert-OH is 7. The molecule has 2 aliphatic rings. The van der Waals surface area contributed by atoms with Gasteiger partial charge < -0.3 is 74.0 Å². The number of hydrogen-bond donors (Lipinski definition) is 8. The topological polar surface area (TPSA) is 295 Å². The summed E-state index contributed by atoms with van der Waals surface area (Å²) in [7, 11) is 0. The number of aliphatic hydroxyl groups is 7. The van der Waals surface area contributed by atoms with E-state index < -0.39 is 123 Å². The van der Waals surface area contributed by atoms with Gasteiger partial charge in [-0.3, -0.25) is 19.2 Å². The molecule has 13 atom stereocenters. The maximum absolute atomic E-state index is 13.0. The molecule has 0 radical (unpaired) electrons. The number of carboxylic acid groups (broad SMARTS) is 1. The molecule has 0 aromatic carbocycles. The van der Waals surface area contributed by atoms with Crippen molar-refractivity contribution in [3.05, 3.63) is 0 Å². The lowest BCUT2D eigenvalue weighted by Crippen LogP contribution is -2.66. The Kier molecular flexibility index (Phi) is 25.7. The summed E-state index contributed by atoms with van der Waals surface area (Å²) in [6.07, 6.45) is -7.91. The molecule has 59 heavy (non-hydrogen) atoms. The quantitative estimate of drug-likeness (QED) is 0.0285. The molecule has 2 heterocycles. The van der Waals surface area contributed by atoms with Crippen molar-refractivity contribution in [2.75, 3.05) is 19.8 Å². The summed E-state index contributed by atoms with van der Waals surface area (Å²) in [5.74, 6) is -3.56. The summed E-state index contributed by atoms with van der Waals surface area (Å²) in [4.78, 5) is 47.5. The zero-order valence-corrected chi connectivity index (χ0v) is 34.7. The molecule has 2 rings (SSSR count). The van der Waals surface area contributed by atoms with Crippen LogP contribution in [0.15, 0.2) is 0 Å². The number of carbonyl (C=O) groups excluding carboxylic acids is 3. The molecule has 13 unspecified atom stereocenters. The minimum atomic E-state index is -1.83. The first-order valence-corrected chi connectivity index (χ1v) is 21.1. The van der Waals surface area contributed by atoms with E-state index in [1.807, 2.05) is 6.92 Å². The molecule has 344 valence electrons. The minimum absolute atomic E-state index is 0.231. The van der Waals surface area contributed by atoms with Gasteiger partial charge >= 0.3 is 23.9 Å². The van der Waals surface area contributed by atoms with Crippen LogP contribution in [0.25, 0.3) is 0 Å². The van der Waals surface area contributed by atoms with E-state index in [0.29, 0.717) is 32.1 Å². The molecule has 19 heteroatoms. The minimum Gasteiger partial charge on any atom is -0.481 e. The second-order valence-electron chi connectivity index (χ2n) is 15.5. The Labute approximate surface area is 346 Å². The maximum atomic E-state index is 13.0. The first kappa shape index (κ1) is 52.6. The highest BCUT2D eigenvalue weighted by Crippen LogP contribution is 2.33. The van der Waals surface area contributed by atoms with Gasteiger partial charge in [-0.25, -0.2) is 0 Å². The van der Waals surface area contributed by atoms with Crippen LogP contribution in [0.3, 0.4) is 0 Å². The summed E-state index contributed by atoms with van der Waals surface area (Å²) in [5, 5.41) is 82.6. The molecule has 0 bridgehead atoms. The number of carbonyl (C=O) groups is 4. The van der Waals surface area contributed by atoms with Crippen molar-refractivity contribution in [3.8, 4) is 0 Å². The summed E-state index contributed by atoms with van der Waals surface area (Å²) < 4.78 is 39.3. The number of unbranched alkanes of at least 4 members (excludes halogenated alkanes) is 10. The molecule has 0 amide bonds. The predicted octanol–water partition coefficient (Wildman–Crippen LogP) is 1.14. The van der Waals surface area contributed by atoms with Crippen molar-refractivity contribution >= 4 is 23.9 Å². The van der Waals surface area contributed by atoms with Gasteiger partial charge in [0.05, 0.1) is 44.4 Å². The smallest absolute Gasteiger partial charge is 0.309 e. The lowest BCUT2D eigenvalue weighted by atomic mass is 9.96. The highest BCUT2D eigenvalue weighted by molar-refractivity contribution is 5.70. The third-order valence-corrected chi connectivity index (χ3v) is 10.2. The molecular formula is C40H70O19. The predicted molar refractivity (Wildman–Crippen MR) is 205 cm³/mol. The van der Waals surface area contributed by atoms with Crippen molar-refractivity contribution in [2.45, 2.75) is 210 Å². The van der Waals surface area contributed by atoms with Gasteiger partial charge in [0.1, 0.15) is 43.2 Å². The fourth-order valence-corrected chi connectivity index (χ4v) is 7.02. The molecule has 0 aromatic rings. The SMILES string of the molecule is CCCCCC(O)CC(=O)OC1C(OC2C(COC(C)=O)OC(OCC(O)CCCCCCCCCCCC(O)CC(=O)O)C(O)C2O)OC(CO)C(O)C1OC(C)=O. The average Bonchev–Trinajstić information content (AvgIpc) is 3.16. The molecule has 2 aliphatic heterocycles. The largest absolute Gasteiger partial charge is 0.481 e. The lowest BCUT2D eigenvalue weighted by Gasteiger charge is -2.47. The molecule has 0 aliphatic carbocycles.